The van der Waals surface area contributed by atoms with Crippen molar-refractivity contribution in [1.82, 2.24) is 20.5 Å². The number of carbonyl (C=O) groups excluding carboxylic acids is 2. The number of nitrogens with one attached hydrogen (secondary N) is 3. The third-order valence-electron chi connectivity index (χ3n) is 6.09. The van der Waals surface area contributed by atoms with Crippen molar-refractivity contribution in [1.29, 1.82) is 0 Å². The SMILES string of the molecule is COc1ccc(C(=O)NCC(=O)NC2CCN(CCc3c[nH]c4ccccc34)CC2)cc1. The van der Waals surface area contributed by atoms with E-state index >= 15 is 0 Å². The van der Waals surface area contributed by atoms with Crippen molar-refractivity contribution in [2.75, 3.05) is 33.3 Å². The summed E-state index contributed by atoms with van der Waals surface area (Å²) in [5.74, 6) is 0.270. The first kappa shape index (κ1) is 21.9. The summed E-state index contributed by atoms with van der Waals surface area (Å²) in [6.45, 7) is 2.92. The molecule has 1 aliphatic rings. The third kappa shape index (κ3) is 5.48. The molecule has 7 nitrogen and oxygen atoms in total. The Morgan fingerprint density at radius 1 is 1.09 bits per heavy atom. The van der Waals surface area contributed by atoms with Crippen LogP contribution >= 0.6 is 0 Å². The number of amides is 2. The van der Waals surface area contributed by atoms with Gasteiger partial charge in [-0.1, -0.05) is 18.2 Å². The number of H-pyrrole nitrogens is 1. The summed E-state index contributed by atoms with van der Waals surface area (Å²) in [6.07, 6.45) is 4.97. The van der Waals surface area contributed by atoms with E-state index in [-0.39, 0.29) is 24.4 Å². The Hall–Kier alpha value is -3.32. The van der Waals surface area contributed by atoms with E-state index in [1.165, 1.54) is 16.5 Å². The maximum atomic E-state index is 12.3. The van der Waals surface area contributed by atoms with E-state index < -0.39 is 0 Å². The molecule has 0 radical (unpaired) electrons. The summed E-state index contributed by atoms with van der Waals surface area (Å²) in [7, 11) is 1.58. The number of benzene rings is 2. The molecule has 0 spiro atoms. The summed E-state index contributed by atoms with van der Waals surface area (Å²) in [4.78, 5) is 30.3. The highest BCUT2D eigenvalue weighted by atomic mass is 16.5. The van der Waals surface area contributed by atoms with Crippen molar-refractivity contribution in [3.8, 4) is 5.75 Å². The average Bonchev–Trinajstić information content (AvgIpc) is 3.25. The minimum Gasteiger partial charge on any atom is -0.497 e. The van der Waals surface area contributed by atoms with E-state index in [1.54, 1.807) is 31.4 Å². The van der Waals surface area contributed by atoms with Crippen LogP contribution in [0.15, 0.2) is 54.7 Å². The van der Waals surface area contributed by atoms with Crippen molar-refractivity contribution in [2.24, 2.45) is 0 Å². The zero-order valence-electron chi connectivity index (χ0n) is 18.4. The first-order valence-electron chi connectivity index (χ1n) is 11.1. The number of carbonyl (C=O) groups is 2. The molecule has 2 heterocycles. The molecular formula is C25H30N4O3. The molecule has 0 unspecified atom stereocenters. The molecule has 3 aromatic rings. The van der Waals surface area contributed by atoms with Crippen LogP contribution in [0.5, 0.6) is 5.75 Å². The van der Waals surface area contributed by atoms with Gasteiger partial charge in [-0.15, -0.1) is 0 Å². The third-order valence-corrected chi connectivity index (χ3v) is 6.09. The molecule has 7 heteroatoms. The summed E-state index contributed by atoms with van der Waals surface area (Å²) in [5, 5.41) is 7.03. The van der Waals surface area contributed by atoms with Gasteiger partial charge in [-0.3, -0.25) is 9.59 Å². The van der Waals surface area contributed by atoms with Gasteiger partial charge in [0.2, 0.25) is 5.91 Å². The molecule has 0 bridgehead atoms. The van der Waals surface area contributed by atoms with Gasteiger partial charge in [-0.25, -0.2) is 0 Å². The van der Waals surface area contributed by atoms with Crippen LogP contribution in [-0.4, -0.2) is 61.0 Å². The Bertz CT molecular complexity index is 1050. The second kappa shape index (κ2) is 10.3. The van der Waals surface area contributed by atoms with Gasteiger partial charge in [0.1, 0.15) is 5.75 Å². The van der Waals surface area contributed by atoms with Crippen molar-refractivity contribution in [3.63, 3.8) is 0 Å². The maximum Gasteiger partial charge on any atom is 0.251 e. The molecule has 1 fully saturated rings. The Morgan fingerprint density at radius 2 is 1.84 bits per heavy atom. The summed E-state index contributed by atoms with van der Waals surface area (Å²) in [5.41, 5.74) is 3.04. The number of fused-ring (bicyclic) bond motifs is 1. The van der Waals surface area contributed by atoms with Gasteiger partial charge < -0.3 is 25.3 Å². The molecule has 1 aromatic heterocycles. The van der Waals surface area contributed by atoms with E-state index in [4.69, 9.17) is 4.74 Å². The molecule has 32 heavy (non-hydrogen) atoms. The van der Waals surface area contributed by atoms with Gasteiger partial charge in [0.15, 0.2) is 0 Å². The number of likely N-dealkylation sites (tertiary alicyclic amines) is 1. The van der Waals surface area contributed by atoms with E-state index in [9.17, 15) is 9.59 Å². The molecule has 2 amide bonds. The number of piperidine rings is 1. The number of ether oxygens (including phenoxy) is 1. The van der Waals surface area contributed by atoms with E-state index in [2.05, 4.69) is 44.9 Å². The molecule has 1 aliphatic heterocycles. The van der Waals surface area contributed by atoms with Crippen molar-refractivity contribution >= 4 is 22.7 Å². The highest BCUT2D eigenvalue weighted by Crippen LogP contribution is 2.19. The lowest BCUT2D eigenvalue weighted by Gasteiger charge is -2.32. The van der Waals surface area contributed by atoms with Crippen LogP contribution in [0.3, 0.4) is 0 Å². The number of rotatable bonds is 8. The minimum atomic E-state index is -0.269. The van der Waals surface area contributed by atoms with Gasteiger partial charge in [0, 0.05) is 48.3 Å². The molecule has 1 saturated heterocycles. The number of aromatic nitrogens is 1. The first-order valence-corrected chi connectivity index (χ1v) is 11.1. The highest BCUT2D eigenvalue weighted by molar-refractivity contribution is 5.96. The van der Waals surface area contributed by atoms with Gasteiger partial charge >= 0.3 is 0 Å². The van der Waals surface area contributed by atoms with Crippen LogP contribution < -0.4 is 15.4 Å². The summed E-state index contributed by atoms with van der Waals surface area (Å²) < 4.78 is 5.09. The van der Waals surface area contributed by atoms with Gasteiger partial charge in [0.05, 0.1) is 13.7 Å². The van der Waals surface area contributed by atoms with Crippen molar-refractivity contribution < 1.29 is 14.3 Å². The molecule has 0 atom stereocenters. The van der Waals surface area contributed by atoms with Crippen LogP contribution in [0.25, 0.3) is 10.9 Å². The zero-order chi connectivity index (χ0) is 22.3. The van der Waals surface area contributed by atoms with Gasteiger partial charge in [-0.05, 0) is 55.2 Å². The Balaban J connectivity index is 1.16. The normalized spacial score (nSPS) is 14.9. The Labute approximate surface area is 188 Å². The topological polar surface area (TPSA) is 86.5 Å². The molecule has 0 aliphatic carbocycles. The first-order chi connectivity index (χ1) is 15.6. The summed E-state index contributed by atoms with van der Waals surface area (Å²) >= 11 is 0. The van der Waals surface area contributed by atoms with Crippen LogP contribution in [-0.2, 0) is 11.2 Å². The van der Waals surface area contributed by atoms with Crippen LogP contribution in [0.2, 0.25) is 0 Å². The standard InChI is InChI=1S/C25H30N4O3/c1-32-21-8-6-18(7-9-21)25(31)27-17-24(30)28-20-11-14-29(15-12-20)13-10-19-16-26-23-5-3-2-4-22(19)23/h2-9,16,20,26H,10-15,17H2,1H3,(H,27,31)(H,28,30). The molecule has 0 saturated carbocycles. The number of para-hydroxylation sites is 1. The van der Waals surface area contributed by atoms with E-state index in [1.807, 2.05) is 6.07 Å². The number of nitrogens with zero attached hydrogens (tertiary/aromatic N) is 1. The predicted octanol–water partition coefficient (Wildman–Crippen LogP) is 2.73. The quantitative estimate of drug-likeness (QED) is 0.509. The van der Waals surface area contributed by atoms with E-state index in [0.717, 1.165) is 38.9 Å². The molecule has 168 valence electrons. The molecule has 3 N–H and O–H groups in total. The van der Waals surface area contributed by atoms with Crippen LogP contribution in [0, 0.1) is 0 Å². The van der Waals surface area contributed by atoms with Crippen LogP contribution in [0.4, 0.5) is 0 Å². The highest BCUT2D eigenvalue weighted by Gasteiger charge is 2.21. The number of aromatic amines is 1. The minimum absolute atomic E-state index is 0.0222. The van der Waals surface area contributed by atoms with Gasteiger partial charge in [0.25, 0.3) is 5.91 Å². The molecule has 4 rings (SSSR count). The van der Waals surface area contributed by atoms with Crippen molar-refractivity contribution in [3.05, 3.63) is 65.9 Å². The van der Waals surface area contributed by atoms with E-state index in [0.29, 0.717) is 11.3 Å². The average molecular weight is 435 g/mol. The Morgan fingerprint density at radius 3 is 2.59 bits per heavy atom. The predicted molar refractivity (Wildman–Crippen MR) is 125 cm³/mol. The number of methoxy groups -OCH3 is 1. The lowest BCUT2D eigenvalue weighted by molar-refractivity contribution is -0.121. The van der Waals surface area contributed by atoms with Gasteiger partial charge in [-0.2, -0.15) is 0 Å². The molecule has 2 aromatic carbocycles. The maximum absolute atomic E-state index is 12.3. The summed E-state index contributed by atoms with van der Waals surface area (Å²) in [6, 6.07) is 15.4. The fourth-order valence-corrected chi connectivity index (χ4v) is 4.20. The van der Waals surface area contributed by atoms with Crippen molar-refractivity contribution in [2.45, 2.75) is 25.3 Å². The fraction of sp³-hybridized carbons (Fsp3) is 0.360. The number of hydrogen-bond acceptors (Lipinski definition) is 4. The molecular weight excluding hydrogens is 404 g/mol. The lowest BCUT2D eigenvalue weighted by atomic mass is 10.0. The number of hydrogen-bond donors (Lipinski definition) is 3. The second-order valence-electron chi connectivity index (χ2n) is 8.20. The monoisotopic (exact) mass is 434 g/mol. The largest absolute Gasteiger partial charge is 0.497 e. The smallest absolute Gasteiger partial charge is 0.251 e. The fourth-order valence-electron chi connectivity index (χ4n) is 4.20. The second-order valence-corrected chi connectivity index (χ2v) is 8.20. The Kier molecular flexibility index (Phi) is 7.07. The zero-order valence-corrected chi connectivity index (χ0v) is 18.4. The van der Waals surface area contributed by atoms with Crippen LogP contribution in [0.1, 0.15) is 28.8 Å². The lowest BCUT2D eigenvalue weighted by Crippen LogP contribution is -2.47.